The summed E-state index contributed by atoms with van der Waals surface area (Å²) in [4.78, 5) is 11.3. The van der Waals surface area contributed by atoms with Crippen molar-refractivity contribution in [3.8, 4) is 0 Å². The van der Waals surface area contributed by atoms with Crippen LogP contribution in [-0.2, 0) is 4.79 Å². The first-order valence-corrected chi connectivity index (χ1v) is 9.38. The van der Waals surface area contributed by atoms with E-state index in [9.17, 15) is 4.79 Å². The maximum Gasteiger partial charge on any atom is 0.219 e. The Morgan fingerprint density at radius 2 is 1.36 bits per heavy atom. The van der Waals surface area contributed by atoms with Crippen molar-refractivity contribution in [2.75, 3.05) is 6.54 Å². The Kier molecular flexibility index (Phi) is 17.1. The number of carbonyl (C=O) groups is 1. The zero-order chi connectivity index (χ0) is 16.3. The quantitative estimate of drug-likeness (QED) is 0.294. The second-order valence-corrected chi connectivity index (χ2v) is 5.93. The number of carbonyl (C=O) groups excluding carboxylic acids is 1. The first-order chi connectivity index (χ1) is 10.8. The van der Waals surface area contributed by atoms with E-state index in [4.69, 9.17) is 0 Å². The van der Waals surface area contributed by atoms with Crippen LogP contribution >= 0.6 is 0 Å². The monoisotopic (exact) mass is 307 g/mol. The Hall–Kier alpha value is -1.05. The van der Waals surface area contributed by atoms with Crippen LogP contribution in [-0.4, -0.2) is 12.5 Å². The van der Waals surface area contributed by atoms with Crippen LogP contribution in [0.3, 0.4) is 0 Å². The highest BCUT2D eigenvalue weighted by Crippen LogP contribution is 2.08. The molecule has 0 radical (unpaired) electrons. The number of nitrogens with one attached hydrogen (secondary N) is 1. The largest absolute Gasteiger partial charge is 0.356 e. The summed E-state index contributed by atoms with van der Waals surface area (Å²) in [6.45, 7) is 4.96. The van der Waals surface area contributed by atoms with Crippen molar-refractivity contribution in [1.29, 1.82) is 0 Å². The molecule has 0 atom stereocenters. The number of hydrogen-bond acceptors (Lipinski definition) is 1. The third kappa shape index (κ3) is 17.0. The Morgan fingerprint density at radius 1 is 0.773 bits per heavy atom. The number of allylic oxidation sites excluding steroid dienone is 4. The Labute approximate surface area is 138 Å². The summed E-state index contributed by atoms with van der Waals surface area (Å²) in [6.07, 6.45) is 23.4. The average Bonchev–Trinajstić information content (AvgIpc) is 2.51. The molecule has 0 saturated heterocycles. The van der Waals surface area contributed by atoms with E-state index in [0.29, 0.717) is 6.42 Å². The molecule has 22 heavy (non-hydrogen) atoms. The van der Waals surface area contributed by atoms with Crippen molar-refractivity contribution in [2.45, 2.75) is 90.9 Å². The minimum absolute atomic E-state index is 0.202. The first kappa shape index (κ1) is 20.9. The van der Waals surface area contributed by atoms with E-state index in [2.05, 4.69) is 36.5 Å². The summed E-state index contributed by atoms with van der Waals surface area (Å²) in [7, 11) is 0. The summed E-state index contributed by atoms with van der Waals surface area (Å²) in [5.74, 6) is 0.202. The van der Waals surface area contributed by atoms with E-state index >= 15 is 0 Å². The highest BCUT2D eigenvalue weighted by molar-refractivity contribution is 5.75. The second-order valence-electron chi connectivity index (χ2n) is 5.93. The van der Waals surface area contributed by atoms with E-state index < -0.39 is 0 Å². The van der Waals surface area contributed by atoms with Crippen molar-refractivity contribution in [2.24, 2.45) is 0 Å². The summed E-state index contributed by atoms with van der Waals surface area (Å²) < 4.78 is 0. The van der Waals surface area contributed by atoms with Gasteiger partial charge in [0.2, 0.25) is 5.91 Å². The fraction of sp³-hybridized carbons (Fsp3) is 0.750. The van der Waals surface area contributed by atoms with Gasteiger partial charge in [0.15, 0.2) is 0 Å². The predicted octanol–water partition coefficient (Wildman–Crippen LogP) is 5.94. The summed E-state index contributed by atoms with van der Waals surface area (Å²) in [6, 6.07) is 0. The molecule has 0 unspecified atom stereocenters. The molecule has 0 aromatic carbocycles. The van der Waals surface area contributed by atoms with Crippen LogP contribution in [0.1, 0.15) is 90.9 Å². The van der Waals surface area contributed by atoms with Gasteiger partial charge in [-0.3, -0.25) is 4.79 Å². The van der Waals surface area contributed by atoms with Gasteiger partial charge >= 0.3 is 0 Å². The van der Waals surface area contributed by atoms with E-state index in [-0.39, 0.29) is 5.91 Å². The van der Waals surface area contributed by atoms with E-state index in [1.54, 1.807) is 0 Å². The van der Waals surface area contributed by atoms with Gasteiger partial charge < -0.3 is 5.32 Å². The van der Waals surface area contributed by atoms with Crippen molar-refractivity contribution in [1.82, 2.24) is 5.32 Å². The molecule has 0 aliphatic rings. The molecule has 0 aliphatic carbocycles. The van der Waals surface area contributed by atoms with Gasteiger partial charge in [-0.25, -0.2) is 0 Å². The van der Waals surface area contributed by atoms with E-state index in [1.165, 1.54) is 57.8 Å². The molecule has 0 rings (SSSR count). The molecule has 2 nitrogen and oxygen atoms in total. The lowest BCUT2D eigenvalue weighted by atomic mass is 10.1. The van der Waals surface area contributed by atoms with Gasteiger partial charge in [-0.1, -0.05) is 63.3 Å². The van der Waals surface area contributed by atoms with Gasteiger partial charge in [0, 0.05) is 13.0 Å². The molecule has 1 amide bonds. The van der Waals surface area contributed by atoms with Crippen LogP contribution in [0.2, 0.25) is 0 Å². The van der Waals surface area contributed by atoms with Crippen molar-refractivity contribution < 1.29 is 4.79 Å². The molecule has 128 valence electrons. The van der Waals surface area contributed by atoms with Crippen LogP contribution in [0.4, 0.5) is 0 Å². The fourth-order valence-corrected chi connectivity index (χ4v) is 2.38. The molecule has 0 heterocycles. The topological polar surface area (TPSA) is 29.1 Å². The van der Waals surface area contributed by atoms with Crippen LogP contribution in [0.25, 0.3) is 0 Å². The highest BCUT2D eigenvalue weighted by atomic mass is 16.1. The smallest absolute Gasteiger partial charge is 0.219 e. The molecule has 0 aliphatic heterocycles. The van der Waals surface area contributed by atoms with Crippen LogP contribution in [0, 0.1) is 0 Å². The summed E-state index contributed by atoms with van der Waals surface area (Å²) in [5.41, 5.74) is 0. The summed E-state index contributed by atoms with van der Waals surface area (Å²) >= 11 is 0. The molecule has 0 saturated carbocycles. The zero-order valence-corrected chi connectivity index (χ0v) is 14.9. The molecule has 2 heteroatoms. The Bertz CT molecular complexity index is 294. The molecule has 0 spiro atoms. The lowest BCUT2D eigenvalue weighted by Gasteiger charge is -2.02. The SMILES string of the molecule is CCCCC/C=C\C/C=C\CCCCCCCC(=O)NCC. The third-order valence-corrected chi connectivity index (χ3v) is 3.73. The molecular weight excluding hydrogens is 270 g/mol. The first-order valence-electron chi connectivity index (χ1n) is 9.38. The lowest BCUT2D eigenvalue weighted by molar-refractivity contribution is -0.121. The normalized spacial score (nSPS) is 11.5. The number of rotatable bonds is 15. The summed E-state index contributed by atoms with van der Waals surface area (Å²) in [5, 5.41) is 2.84. The zero-order valence-electron chi connectivity index (χ0n) is 14.9. The molecular formula is C20H37NO. The second kappa shape index (κ2) is 18.0. The number of unbranched alkanes of at least 4 members (excludes halogenated alkanes) is 8. The molecule has 0 bridgehead atoms. The van der Waals surface area contributed by atoms with Gasteiger partial charge in [-0.05, 0) is 45.4 Å². The van der Waals surface area contributed by atoms with E-state index in [1.807, 2.05) is 6.92 Å². The fourth-order valence-electron chi connectivity index (χ4n) is 2.38. The minimum Gasteiger partial charge on any atom is -0.356 e. The lowest BCUT2D eigenvalue weighted by Crippen LogP contribution is -2.21. The highest BCUT2D eigenvalue weighted by Gasteiger charge is 1.98. The van der Waals surface area contributed by atoms with Crippen LogP contribution in [0.5, 0.6) is 0 Å². The van der Waals surface area contributed by atoms with Crippen LogP contribution < -0.4 is 5.32 Å². The minimum atomic E-state index is 0.202. The van der Waals surface area contributed by atoms with Crippen molar-refractivity contribution in [3.05, 3.63) is 24.3 Å². The van der Waals surface area contributed by atoms with Gasteiger partial charge in [-0.2, -0.15) is 0 Å². The van der Waals surface area contributed by atoms with Gasteiger partial charge in [-0.15, -0.1) is 0 Å². The third-order valence-electron chi connectivity index (χ3n) is 3.73. The molecule has 0 fully saturated rings. The number of hydrogen-bond donors (Lipinski definition) is 1. The van der Waals surface area contributed by atoms with Gasteiger partial charge in [0.25, 0.3) is 0 Å². The molecule has 0 aromatic heterocycles. The van der Waals surface area contributed by atoms with Gasteiger partial charge in [0.1, 0.15) is 0 Å². The van der Waals surface area contributed by atoms with Crippen molar-refractivity contribution >= 4 is 5.91 Å². The molecule has 0 aromatic rings. The van der Waals surface area contributed by atoms with Crippen LogP contribution in [0.15, 0.2) is 24.3 Å². The Balaban J connectivity index is 3.22. The van der Waals surface area contributed by atoms with Gasteiger partial charge in [0.05, 0.1) is 0 Å². The maximum atomic E-state index is 11.3. The Morgan fingerprint density at radius 3 is 2.00 bits per heavy atom. The molecule has 1 N–H and O–H groups in total. The maximum absolute atomic E-state index is 11.3. The van der Waals surface area contributed by atoms with Crippen molar-refractivity contribution in [3.63, 3.8) is 0 Å². The standard InChI is InChI=1S/C20H37NO/c1-3-5-6-7-8-9-10-11-12-13-14-15-16-17-18-19-20(22)21-4-2/h8-9,11-12H,3-7,10,13-19H2,1-2H3,(H,21,22)/b9-8-,12-11-. The number of amides is 1. The average molecular weight is 308 g/mol. The van der Waals surface area contributed by atoms with E-state index in [0.717, 1.165) is 19.4 Å². The predicted molar refractivity (Wildman–Crippen MR) is 98.0 cm³/mol.